The maximum Gasteiger partial charge on any atom is 0.309 e. The van der Waals surface area contributed by atoms with Crippen LogP contribution in [0, 0.1) is 5.92 Å². The van der Waals surface area contributed by atoms with Crippen LogP contribution in [0.2, 0.25) is 0 Å². The Morgan fingerprint density at radius 1 is 1.21 bits per heavy atom. The minimum absolute atomic E-state index is 0.105. The normalized spacial score (nSPS) is 28.2. The Labute approximate surface area is 163 Å². The van der Waals surface area contributed by atoms with Crippen molar-refractivity contribution in [3.05, 3.63) is 47.7 Å². The first kappa shape index (κ1) is 22.3. The Balaban J connectivity index is 2.82. The molecule has 4 unspecified atom stereocenters. The van der Waals surface area contributed by atoms with Crippen molar-refractivity contribution in [2.45, 2.75) is 30.4 Å². The maximum atomic E-state index is 13.8. The molecule has 9 heteroatoms. The standard InChI is InChI=1S/C19H25O8P/c1-13(17(21)22)18(26-3)15(20)10-11-16(25-2)19(18,27-4)28(23,24)12-14-8-6-5-7-9-14/h5-9,11,13H,10,12H2,1-4H3,(H,21,22)(H,23,24). The summed E-state index contributed by atoms with van der Waals surface area (Å²) in [4.78, 5) is 36.1. The zero-order valence-corrected chi connectivity index (χ0v) is 17.1. The summed E-state index contributed by atoms with van der Waals surface area (Å²) < 4.78 is 30.1. The van der Waals surface area contributed by atoms with Crippen LogP contribution in [0.4, 0.5) is 0 Å². The Morgan fingerprint density at radius 2 is 1.82 bits per heavy atom. The monoisotopic (exact) mass is 412 g/mol. The number of benzene rings is 1. The highest BCUT2D eigenvalue weighted by Gasteiger charge is 2.73. The predicted octanol–water partition coefficient (Wildman–Crippen LogP) is 2.41. The molecule has 1 aromatic carbocycles. The average molecular weight is 412 g/mol. The van der Waals surface area contributed by atoms with E-state index in [2.05, 4.69) is 0 Å². The highest BCUT2D eigenvalue weighted by atomic mass is 31.2. The number of ether oxygens (including phenoxy) is 3. The lowest BCUT2D eigenvalue weighted by molar-refractivity contribution is -0.195. The molecule has 0 saturated heterocycles. The van der Waals surface area contributed by atoms with E-state index in [-0.39, 0.29) is 18.3 Å². The van der Waals surface area contributed by atoms with Gasteiger partial charge in [-0.25, -0.2) is 0 Å². The average Bonchev–Trinajstić information content (AvgIpc) is 2.67. The van der Waals surface area contributed by atoms with Gasteiger partial charge in [-0.05, 0) is 18.6 Å². The largest absolute Gasteiger partial charge is 0.498 e. The van der Waals surface area contributed by atoms with Gasteiger partial charge in [-0.2, -0.15) is 0 Å². The van der Waals surface area contributed by atoms with Gasteiger partial charge in [-0.15, -0.1) is 0 Å². The topological polar surface area (TPSA) is 119 Å². The molecule has 1 aliphatic rings. The molecular weight excluding hydrogens is 387 g/mol. The molecule has 8 nitrogen and oxygen atoms in total. The number of ketones is 1. The summed E-state index contributed by atoms with van der Waals surface area (Å²) in [5.74, 6) is -3.63. The quantitative estimate of drug-likeness (QED) is 0.625. The van der Waals surface area contributed by atoms with E-state index >= 15 is 0 Å². The van der Waals surface area contributed by atoms with E-state index in [1.807, 2.05) is 0 Å². The van der Waals surface area contributed by atoms with Crippen LogP contribution in [-0.2, 0) is 34.5 Å². The van der Waals surface area contributed by atoms with Crippen LogP contribution in [0.3, 0.4) is 0 Å². The summed E-state index contributed by atoms with van der Waals surface area (Å²) in [5, 5.41) is 7.34. The van der Waals surface area contributed by atoms with E-state index in [1.54, 1.807) is 30.3 Å². The molecule has 154 valence electrons. The third kappa shape index (κ3) is 3.10. The number of aliphatic carboxylic acids is 1. The van der Waals surface area contributed by atoms with Crippen molar-refractivity contribution >= 4 is 19.1 Å². The van der Waals surface area contributed by atoms with Crippen LogP contribution < -0.4 is 0 Å². The lowest BCUT2D eigenvalue weighted by Crippen LogP contribution is -2.68. The third-order valence-corrected chi connectivity index (χ3v) is 7.79. The number of hydrogen-bond donors (Lipinski definition) is 2. The highest BCUT2D eigenvalue weighted by molar-refractivity contribution is 7.59. The van der Waals surface area contributed by atoms with Gasteiger partial charge in [-0.1, -0.05) is 30.3 Å². The van der Waals surface area contributed by atoms with Crippen molar-refractivity contribution in [3.8, 4) is 0 Å². The number of allylic oxidation sites excluding steroid dienone is 1. The highest BCUT2D eigenvalue weighted by Crippen LogP contribution is 2.68. The number of carboxylic acid groups (broad SMARTS) is 1. The lowest BCUT2D eigenvalue weighted by Gasteiger charge is -2.52. The van der Waals surface area contributed by atoms with E-state index in [1.165, 1.54) is 20.1 Å². The van der Waals surface area contributed by atoms with Crippen molar-refractivity contribution in [1.82, 2.24) is 0 Å². The fourth-order valence-corrected chi connectivity index (χ4v) is 6.64. The maximum absolute atomic E-state index is 13.8. The number of Topliss-reactive ketones (excluding diaryl/α,β-unsaturated/α-hetero) is 1. The number of hydrogen-bond acceptors (Lipinski definition) is 6. The molecule has 2 N–H and O–H groups in total. The van der Waals surface area contributed by atoms with Crippen LogP contribution >= 0.6 is 7.37 Å². The first-order valence-electron chi connectivity index (χ1n) is 8.61. The molecule has 0 bridgehead atoms. The summed E-state index contributed by atoms with van der Waals surface area (Å²) in [6.45, 7) is 1.25. The van der Waals surface area contributed by atoms with Crippen LogP contribution in [0.15, 0.2) is 42.2 Å². The Morgan fingerprint density at radius 3 is 2.29 bits per heavy atom. The summed E-state index contributed by atoms with van der Waals surface area (Å²) in [5.41, 5.74) is -1.74. The summed E-state index contributed by atoms with van der Waals surface area (Å²) in [6.07, 6.45) is 0.754. The van der Waals surface area contributed by atoms with Crippen molar-refractivity contribution in [3.63, 3.8) is 0 Å². The number of carboxylic acids is 1. The van der Waals surface area contributed by atoms with Crippen molar-refractivity contribution in [1.29, 1.82) is 0 Å². The zero-order chi connectivity index (χ0) is 21.2. The fourth-order valence-electron chi connectivity index (χ4n) is 3.98. The van der Waals surface area contributed by atoms with Gasteiger partial charge in [0.15, 0.2) is 11.4 Å². The van der Waals surface area contributed by atoms with Gasteiger partial charge in [0.2, 0.25) is 12.7 Å². The number of carbonyl (C=O) groups excluding carboxylic acids is 1. The first-order valence-corrected chi connectivity index (χ1v) is 10.5. The van der Waals surface area contributed by atoms with E-state index in [0.717, 1.165) is 14.2 Å². The molecule has 0 heterocycles. The molecule has 0 amide bonds. The molecule has 0 aromatic heterocycles. The minimum Gasteiger partial charge on any atom is -0.498 e. The molecule has 4 atom stereocenters. The summed E-state index contributed by atoms with van der Waals surface area (Å²) in [7, 11) is -0.948. The molecule has 0 spiro atoms. The van der Waals surface area contributed by atoms with Gasteiger partial charge >= 0.3 is 5.97 Å². The molecule has 0 fully saturated rings. The molecule has 0 radical (unpaired) electrons. The SMILES string of the molecule is COC1=CCC(=O)C(OC)(C(C)C(=O)O)C1(OC)P(=O)(O)Cc1ccccc1. The number of rotatable bonds is 8. The van der Waals surface area contributed by atoms with Gasteiger partial charge in [0, 0.05) is 20.6 Å². The first-order chi connectivity index (χ1) is 13.1. The number of methoxy groups -OCH3 is 3. The second kappa shape index (κ2) is 8.17. The van der Waals surface area contributed by atoms with Crippen LogP contribution in [-0.4, -0.2) is 54.0 Å². The molecule has 0 saturated carbocycles. The predicted molar refractivity (Wildman–Crippen MR) is 101 cm³/mol. The second-order valence-electron chi connectivity index (χ2n) is 6.59. The van der Waals surface area contributed by atoms with Gasteiger partial charge in [0.05, 0.1) is 19.2 Å². The number of carbonyl (C=O) groups is 2. The van der Waals surface area contributed by atoms with E-state index in [0.29, 0.717) is 5.56 Å². The Kier molecular flexibility index (Phi) is 6.51. The fraction of sp³-hybridized carbons (Fsp3) is 0.474. The van der Waals surface area contributed by atoms with Gasteiger partial charge < -0.3 is 24.2 Å². The Bertz CT molecular complexity index is 820. The molecule has 1 aromatic rings. The van der Waals surface area contributed by atoms with Crippen LogP contribution in [0.5, 0.6) is 0 Å². The van der Waals surface area contributed by atoms with Gasteiger partial charge in [0.25, 0.3) is 0 Å². The van der Waals surface area contributed by atoms with Gasteiger partial charge in [0.1, 0.15) is 5.76 Å². The van der Waals surface area contributed by atoms with Gasteiger partial charge in [-0.3, -0.25) is 14.2 Å². The molecule has 28 heavy (non-hydrogen) atoms. The summed E-state index contributed by atoms with van der Waals surface area (Å²) >= 11 is 0. The molecule has 0 aliphatic heterocycles. The Hall–Kier alpha value is -1.99. The van der Waals surface area contributed by atoms with E-state index in [9.17, 15) is 24.2 Å². The van der Waals surface area contributed by atoms with Crippen LogP contribution in [0.1, 0.15) is 18.9 Å². The minimum atomic E-state index is -4.49. The molecule has 2 rings (SSSR count). The van der Waals surface area contributed by atoms with Crippen molar-refractivity contribution in [2.75, 3.05) is 21.3 Å². The zero-order valence-electron chi connectivity index (χ0n) is 16.2. The summed E-state index contributed by atoms with van der Waals surface area (Å²) in [6, 6.07) is 8.48. The van der Waals surface area contributed by atoms with Crippen molar-refractivity contribution in [2.24, 2.45) is 5.92 Å². The van der Waals surface area contributed by atoms with E-state index < -0.39 is 36.0 Å². The van der Waals surface area contributed by atoms with E-state index in [4.69, 9.17) is 14.2 Å². The second-order valence-corrected chi connectivity index (χ2v) is 8.94. The molecular formula is C19H25O8P. The van der Waals surface area contributed by atoms with Crippen LogP contribution in [0.25, 0.3) is 0 Å². The lowest BCUT2D eigenvalue weighted by atomic mass is 9.74. The smallest absolute Gasteiger partial charge is 0.309 e. The third-order valence-electron chi connectivity index (χ3n) is 5.27. The van der Waals surface area contributed by atoms with Crippen molar-refractivity contribution < 1.29 is 38.4 Å². The molecule has 1 aliphatic carbocycles.